The molecule has 29 heavy (non-hydrogen) atoms. The highest BCUT2D eigenvalue weighted by atomic mass is 16.4. The number of carbonyl (C=O) groups is 1. The van der Waals surface area contributed by atoms with E-state index in [-0.39, 0.29) is 0 Å². The molecule has 142 valence electrons. The number of benzene rings is 3. The first kappa shape index (κ1) is 17.3. The highest BCUT2D eigenvalue weighted by Crippen LogP contribution is 2.31. The Balaban J connectivity index is 1.60. The van der Waals surface area contributed by atoms with E-state index in [1.807, 2.05) is 79.0 Å². The fourth-order valence-corrected chi connectivity index (χ4v) is 3.89. The summed E-state index contributed by atoms with van der Waals surface area (Å²) < 4.78 is 0. The molecule has 1 unspecified atom stereocenters. The summed E-state index contributed by atoms with van der Waals surface area (Å²) in [5.41, 5.74) is 4.46. The van der Waals surface area contributed by atoms with Crippen LogP contribution < -0.4 is 5.32 Å². The monoisotopic (exact) mass is 381 g/mol. The molecule has 0 saturated heterocycles. The van der Waals surface area contributed by atoms with Crippen LogP contribution in [0.15, 0.2) is 79.0 Å². The third-order valence-electron chi connectivity index (χ3n) is 5.30. The van der Waals surface area contributed by atoms with E-state index in [0.717, 1.165) is 44.0 Å². The molecule has 3 N–H and O–H groups in total. The van der Waals surface area contributed by atoms with E-state index in [4.69, 9.17) is 4.98 Å². The molecule has 5 nitrogen and oxygen atoms in total. The molecule has 0 amide bonds. The smallest absolute Gasteiger partial charge is 0.326 e. The molecule has 0 bridgehead atoms. The predicted molar refractivity (Wildman–Crippen MR) is 116 cm³/mol. The number of H-pyrrole nitrogens is 1. The molecule has 0 fully saturated rings. The number of pyridine rings is 1. The molecule has 5 rings (SSSR count). The number of anilines is 1. The second kappa shape index (κ2) is 6.95. The van der Waals surface area contributed by atoms with Crippen LogP contribution in [0.4, 0.5) is 5.69 Å². The summed E-state index contributed by atoms with van der Waals surface area (Å²) in [5.74, 6) is -0.889. The molecule has 3 aromatic carbocycles. The van der Waals surface area contributed by atoms with Gasteiger partial charge in [-0.15, -0.1) is 0 Å². The molecule has 1 atom stereocenters. The second-order valence-corrected chi connectivity index (χ2v) is 7.12. The fourth-order valence-electron chi connectivity index (χ4n) is 3.89. The van der Waals surface area contributed by atoms with Gasteiger partial charge in [0.15, 0.2) is 0 Å². The van der Waals surface area contributed by atoms with Gasteiger partial charge in [-0.05, 0) is 23.8 Å². The maximum atomic E-state index is 12.1. The van der Waals surface area contributed by atoms with Crippen molar-refractivity contribution in [1.82, 2.24) is 9.97 Å². The molecule has 0 aliphatic carbocycles. The van der Waals surface area contributed by atoms with Crippen LogP contribution in [0.1, 0.15) is 5.56 Å². The maximum absolute atomic E-state index is 12.1. The number of nitrogens with one attached hydrogen (secondary N) is 2. The zero-order chi connectivity index (χ0) is 19.8. The summed E-state index contributed by atoms with van der Waals surface area (Å²) in [6, 6.07) is 22.8. The Morgan fingerprint density at radius 2 is 1.48 bits per heavy atom. The number of fused-ring (bicyclic) bond motifs is 3. The van der Waals surface area contributed by atoms with Gasteiger partial charge in [-0.2, -0.15) is 0 Å². The van der Waals surface area contributed by atoms with Gasteiger partial charge in [0.2, 0.25) is 0 Å². The number of para-hydroxylation sites is 3. The minimum absolute atomic E-state index is 0.365. The van der Waals surface area contributed by atoms with Crippen LogP contribution in [0.5, 0.6) is 0 Å². The number of carboxylic acid groups (broad SMARTS) is 1. The highest BCUT2D eigenvalue weighted by molar-refractivity contribution is 6.08. The Morgan fingerprint density at radius 1 is 0.897 bits per heavy atom. The van der Waals surface area contributed by atoms with Crippen molar-refractivity contribution in [2.24, 2.45) is 0 Å². The molecule has 5 aromatic rings. The molecule has 0 aliphatic rings. The van der Waals surface area contributed by atoms with Crippen LogP contribution in [0.2, 0.25) is 0 Å². The molecule has 2 aromatic heterocycles. The number of aromatic nitrogens is 2. The SMILES string of the molecule is O=C(O)C(Cc1c[nH]c2ccccc12)Nc1c2ccccc2nc2ccccc12. The van der Waals surface area contributed by atoms with Crippen LogP contribution >= 0.6 is 0 Å². The molecule has 0 saturated carbocycles. The van der Waals surface area contributed by atoms with E-state index < -0.39 is 12.0 Å². The molecular formula is C24H19N3O2. The largest absolute Gasteiger partial charge is 0.480 e. The van der Waals surface area contributed by atoms with Crippen molar-refractivity contribution < 1.29 is 9.90 Å². The van der Waals surface area contributed by atoms with Gasteiger partial charge in [-0.3, -0.25) is 0 Å². The first-order valence-electron chi connectivity index (χ1n) is 9.52. The lowest BCUT2D eigenvalue weighted by Crippen LogP contribution is -2.31. The number of nitrogens with zero attached hydrogens (tertiary/aromatic N) is 1. The third-order valence-corrected chi connectivity index (χ3v) is 5.30. The minimum atomic E-state index is -0.889. The van der Waals surface area contributed by atoms with Gasteiger partial charge in [0.05, 0.1) is 16.7 Å². The first-order valence-corrected chi connectivity index (χ1v) is 9.52. The Hall–Kier alpha value is -3.86. The predicted octanol–water partition coefficient (Wildman–Crippen LogP) is 4.98. The minimum Gasteiger partial charge on any atom is -0.480 e. The molecule has 0 aliphatic heterocycles. The maximum Gasteiger partial charge on any atom is 0.326 e. The van der Waals surface area contributed by atoms with Crippen molar-refractivity contribution >= 4 is 44.4 Å². The van der Waals surface area contributed by atoms with E-state index >= 15 is 0 Å². The summed E-state index contributed by atoms with van der Waals surface area (Å²) in [6.45, 7) is 0. The summed E-state index contributed by atoms with van der Waals surface area (Å²) >= 11 is 0. The van der Waals surface area contributed by atoms with Crippen LogP contribution in [0.3, 0.4) is 0 Å². The lowest BCUT2D eigenvalue weighted by Gasteiger charge is -2.19. The zero-order valence-corrected chi connectivity index (χ0v) is 15.6. The van der Waals surface area contributed by atoms with Crippen LogP contribution in [-0.4, -0.2) is 27.1 Å². The lowest BCUT2D eigenvalue weighted by atomic mass is 10.0. The third kappa shape index (κ3) is 3.06. The number of rotatable bonds is 5. The summed E-state index contributed by atoms with van der Waals surface area (Å²) in [4.78, 5) is 20.1. The van der Waals surface area contributed by atoms with Gasteiger partial charge >= 0.3 is 5.97 Å². The molecular weight excluding hydrogens is 362 g/mol. The first-order chi connectivity index (χ1) is 14.2. The number of hydrogen-bond acceptors (Lipinski definition) is 3. The lowest BCUT2D eigenvalue weighted by molar-refractivity contribution is -0.137. The molecule has 0 spiro atoms. The number of carboxylic acids is 1. The topological polar surface area (TPSA) is 78.0 Å². The molecule has 5 heteroatoms. The van der Waals surface area contributed by atoms with E-state index in [0.29, 0.717) is 6.42 Å². The Morgan fingerprint density at radius 3 is 2.14 bits per heavy atom. The average molecular weight is 381 g/mol. The van der Waals surface area contributed by atoms with Gasteiger partial charge in [0.25, 0.3) is 0 Å². The van der Waals surface area contributed by atoms with E-state index in [2.05, 4.69) is 10.3 Å². The summed E-state index contributed by atoms with van der Waals surface area (Å²) in [7, 11) is 0. The highest BCUT2D eigenvalue weighted by Gasteiger charge is 2.22. The van der Waals surface area contributed by atoms with Crippen molar-refractivity contribution in [3.63, 3.8) is 0 Å². The number of aromatic amines is 1. The van der Waals surface area contributed by atoms with Crippen molar-refractivity contribution in [2.45, 2.75) is 12.5 Å². The average Bonchev–Trinajstić information content (AvgIpc) is 3.15. The van der Waals surface area contributed by atoms with Crippen LogP contribution in [0, 0.1) is 0 Å². The van der Waals surface area contributed by atoms with Crippen LogP contribution in [-0.2, 0) is 11.2 Å². The van der Waals surface area contributed by atoms with Gasteiger partial charge < -0.3 is 15.4 Å². The van der Waals surface area contributed by atoms with Gasteiger partial charge in [0.1, 0.15) is 6.04 Å². The standard InChI is InChI=1S/C24H19N3O2/c28-24(29)22(13-15-14-25-19-10-4-1-7-16(15)19)27-23-17-8-2-5-11-20(17)26-21-12-6-3-9-18(21)23/h1-12,14,22,25H,13H2,(H,26,27)(H,28,29). The molecule has 2 heterocycles. The second-order valence-electron chi connectivity index (χ2n) is 7.12. The summed E-state index contributed by atoms with van der Waals surface area (Å²) in [6.07, 6.45) is 2.26. The normalized spacial score (nSPS) is 12.4. The Labute approximate surface area is 167 Å². The van der Waals surface area contributed by atoms with Gasteiger partial charge in [-0.25, -0.2) is 9.78 Å². The quantitative estimate of drug-likeness (QED) is 0.375. The Kier molecular flexibility index (Phi) is 4.13. The van der Waals surface area contributed by atoms with Crippen molar-refractivity contribution in [3.8, 4) is 0 Å². The molecule has 0 radical (unpaired) electrons. The summed E-state index contributed by atoms with van der Waals surface area (Å²) in [5, 5.41) is 16.1. The zero-order valence-electron chi connectivity index (χ0n) is 15.6. The van der Waals surface area contributed by atoms with E-state index in [9.17, 15) is 9.90 Å². The van der Waals surface area contributed by atoms with E-state index in [1.165, 1.54) is 0 Å². The van der Waals surface area contributed by atoms with E-state index in [1.54, 1.807) is 0 Å². The fraction of sp³-hybridized carbons (Fsp3) is 0.0833. The number of hydrogen-bond donors (Lipinski definition) is 3. The van der Waals surface area contributed by atoms with Gasteiger partial charge in [0, 0.05) is 34.3 Å². The van der Waals surface area contributed by atoms with Crippen LogP contribution in [0.25, 0.3) is 32.7 Å². The van der Waals surface area contributed by atoms with Crippen molar-refractivity contribution in [2.75, 3.05) is 5.32 Å². The van der Waals surface area contributed by atoms with Crippen molar-refractivity contribution in [1.29, 1.82) is 0 Å². The van der Waals surface area contributed by atoms with Crippen molar-refractivity contribution in [3.05, 3.63) is 84.6 Å². The number of aliphatic carboxylic acids is 1. The Bertz CT molecular complexity index is 1300. The van der Waals surface area contributed by atoms with Gasteiger partial charge in [-0.1, -0.05) is 54.6 Å².